The van der Waals surface area contributed by atoms with E-state index in [1.807, 2.05) is 54.6 Å². The van der Waals surface area contributed by atoms with Crippen LogP contribution in [0.2, 0.25) is 0 Å². The van der Waals surface area contributed by atoms with Crippen LogP contribution in [0.3, 0.4) is 0 Å². The molecule has 2 fully saturated rings. The van der Waals surface area contributed by atoms with E-state index in [-0.39, 0.29) is 18.1 Å². The van der Waals surface area contributed by atoms with E-state index < -0.39 is 0 Å². The fourth-order valence-electron chi connectivity index (χ4n) is 6.01. The van der Waals surface area contributed by atoms with E-state index in [0.717, 1.165) is 64.5 Å². The Kier molecular flexibility index (Phi) is 7.55. The van der Waals surface area contributed by atoms with Crippen LogP contribution >= 0.6 is 15.9 Å². The molecular weight excluding hydrogens is 562 g/mol. The Bertz CT molecular complexity index is 1570. The molecule has 202 valence electrons. The molecule has 4 aromatic rings. The van der Waals surface area contributed by atoms with Crippen LogP contribution in [0, 0.1) is 11.3 Å². The maximum atomic E-state index is 14.3. The molecule has 2 aliphatic rings. The Balaban J connectivity index is 1.40. The van der Waals surface area contributed by atoms with E-state index in [4.69, 9.17) is 4.98 Å². The van der Waals surface area contributed by atoms with E-state index >= 15 is 0 Å². The summed E-state index contributed by atoms with van der Waals surface area (Å²) in [6, 6.07) is 26.0. The second-order valence-corrected chi connectivity index (χ2v) is 11.7. The van der Waals surface area contributed by atoms with Crippen molar-refractivity contribution in [2.45, 2.75) is 44.8 Å². The zero-order chi connectivity index (χ0) is 27.6. The number of anilines is 1. The van der Waals surface area contributed by atoms with Crippen LogP contribution in [0.15, 0.2) is 77.3 Å². The highest BCUT2D eigenvalue weighted by molar-refractivity contribution is 9.10. The molecule has 3 heterocycles. The maximum absolute atomic E-state index is 14.3. The predicted octanol–water partition coefficient (Wildman–Crippen LogP) is 7.37. The van der Waals surface area contributed by atoms with Crippen LogP contribution in [0.4, 0.5) is 5.82 Å². The lowest BCUT2D eigenvalue weighted by Crippen LogP contribution is -2.46. The normalized spacial score (nSPS) is 18.1. The second-order valence-electron chi connectivity index (χ2n) is 10.8. The van der Waals surface area contributed by atoms with Crippen molar-refractivity contribution in [1.82, 2.24) is 14.8 Å². The molecule has 2 saturated heterocycles. The first-order valence-corrected chi connectivity index (χ1v) is 14.8. The summed E-state index contributed by atoms with van der Waals surface area (Å²) in [5, 5.41) is 13.6. The number of fused-ring (bicyclic) bond motifs is 1. The molecule has 6 nitrogen and oxygen atoms in total. The highest BCUT2D eigenvalue weighted by Crippen LogP contribution is 2.32. The number of hydrogen-bond donors (Lipinski definition) is 1. The number of carbonyl (C=O) groups excluding carboxylic acids is 1. The molecule has 0 aliphatic carbocycles. The summed E-state index contributed by atoms with van der Waals surface area (Å²) in [6.07, 6.45) is 4.62. The highest BCUT2D eigenvalue weighted by Gasteiger charge is 2.35. The van der Waals surface area contributed by atoms with Crippen LogP contribution < -0.4 is 5.32 Å². The molecule has 6 rings (SSSR count). The Morgan fingerprint density at radius 2 is 1.70 bits per heavy atom. The third kappa shape index (κ3) is 5.34. The van der Waals surface area contributed by atoms with E-state index in [9.17, 15) is 10.1 Å². The van der Waals surface area contributed by atoms with Gasteiger partial charge in [-0.1, -0.05) is 46.3 Å². The minimum atomic E-state index is 0.0167. The number of amides is 1. The summed E-state index contributed by atoms with van der Waals surface area (Å²) in [5.41, 5.74) is 5.22. The standard InChI is InChI=1S/C33H32BrN5O/c1-22(24-10-13-27(34)14-11-24)36-31-20-29(33(40)39-18-4-5-32(39)38-16-2-3-17-38)28-19-26(12-15-30(28)37-31)25-8-6-23(21-35)7-9-25/h6-15,19-20,22,32H,2-5,16-18H2,1H3,(H,36,37). The number of nitrogens with one attached hydrogen (secondary N) is 1. The third-order valence-electron chi connectivity index (χ3n) is 8.16. The molecule has 1 N–H and O–H groups in total. The molecule has 0 spiro atoms. The predicted molar refractivity (Wildman–Crippen MR) is 163 cm³/mol. The SMILES string of the molecule is CC(Nc1cc(C(=O)N2CCCC2N2CCCC2)c2cc(-c3ccc(C#N)cc3)ccc2n1)c1ccc(Br)cc1. The van der Waals surface area contributed by atoms with Gasteiger partial charge in [-0.15, -0.1) is 0 Å². The lowest BCUT2D eigenvalue weighted by molar-refractivity contribution is 0.0533. The molecule has 40 heavy (non-hydrogen) atoms. The number of likely N-dealkylation sites (tertiary alicyclic amines) is 2. The first kappa shape index (κ1) is 26.5. The Hall–Kier alpha value is -3.73. The van der Waals surface area contributed by atoms with Gasteiger partial charge in [0.25, 0.3) is 5.91 Å². The van der Waals surface area contributed by atoms with Crippen molar-refractivity contribution in [1.29, 1.82) is 5.26 Å². The number of nitriles is 1. The van der Waals surface area contributed by atoms with Crippen LogP contribution in [0.1, 0.15) is 60.1 Å². The molecule has 0 radical (unpaired) electrons. The molecule has 2 unspecified atom stereocenters. The smallest absolute Gasteiger partial charge is 0.255 e. The summed E-state index contributed by atoms with van der Waals surface area (Å²) in [5.74, 6) is 0.757. The van der Waals surface area contributed by atoms with Crippen molar-refractivity contribution in [2.24, 2.45) is 0 Å². The van der Waals surface area contributed by atoms with E-state index in [1.165, 1.54) is 12.8 Å². The molecule has 0 saturated carbocycles. The van der Waals surface area contributed by atoms with Crippen LogP contribution in [-0.2, 0) is 0 Å². The second kappa shape index (κ2) is 11.4. The topological polar surface area (TPSA) is 72.3 Å². The van der Waals surface area contributed by atoms with E-state index in [2.05, 4.69) is 62.2 Å². The number of aromatic nitrogens is 1. The summed E-state index contributed by atoms with van der Waals surface area (Å²) >= 11 is 3.51. The van der Waals surface area contributed by atoms with Gasteiger partial charge >= 0.3 is 0 Å². The molecule has 2 atom stereocenters. The number of halogens is 1. The Morgan fingerprint density at radius 3 is 2.42 bits per heavy atom. The quantitative estimate of drug-likeness (QED) is 0.253. The van der Waals surface area contributed by atoms with Gasteiger partial charge in [0.2, 0.25) is 0 Å². The molecule has 2 aliphatic heterocycles. The van der Waals surface area contributed by atoms with Crippen LogP contribution in [0.5, 0.6) is 0 Å². The van der Waals surface area contributed by atoms with Crippen molar-refractivity contribution in [2.75, 3.05) is 25.0 Å². The number of nitrogens with zero attached hydrogens (tertiary/aromatic N) is 4. The molecule has 1 aromatic heterocycles. The van der Waals surface area contributed by atoms with Crippen LogP contribution in [-0.4, -0.2) is 46.5 Å². The van der Waals surface area contributed by atoms with Gasteiger partial charge in [0.1, 0.15) is 5.82 Å². The van der Waals surface area contributed by atoms with Gasteiger partial charge in [0.05, 0.1) is 28.9 Å². The monoisotopic (exact) mass is 593 g/mol. The van der Waals surface area contributed by atoms with Crippen molar-refractivity contribution < 1.29 is 4.79 Å². The van der Waals surface area contributed by atoms with Gasteiger partial charge in [0, 0.05) is 35.5 Å². The van der Waals surface area contributed by atoms with Gasteiger partial charge < -0.3 is 10.2 Å². The molecule has 7 heteroatoms. The highest BCUT2D eigenvalue weighted by atomic mass is 79.9. The van der Waals surface area contributed by atoms with Gasteiger partial charge in [-0.2, -0.15) is 5.26 Å². The number of pyridine rings is 1. The lowest BCUT2D eigenvalue weighted by atomic mass is 9.99. The van der Waals surface area contributed by atoms with Gasteiger partial charge in [0.15, 0.2) is 0 Å². The minimum absolute atomic E-state index is 0.0167. The summed E-state index contributed by atoms with van der Waals surface area (Å²) in [7, 11) is 0. The zero-order valence-corrected chi connectivity index (χ0v) is 24.2. The first-order chi connectivity index (χ1) is 19.5. The Labute approximate surface area is 243 Å². The summed E-state index contributed by atoms with van der Waals surface area (Å²) in [4.78, 5) is 23.8. The number of rotatable bonds is 6. The van der Waals surface area contributed by atoms with Crippen molar-refractivity contribution in [3.63, 3.8) is 0 Å². The Morgan fingerprint density at radius 1 is 0.975 bits per heavy atom. The molecule has 0 bridgehead atoms. The van der Waals surface area contributed by atoms with Crippen LogP contribution in [0.25, 0.3) is 22.0 Å². The van der Waals surface area contributed by atoms with Gasteiger partial charge in [-0.25, -0.2) is 4.98 Å². The fourth-order valence-corrected chi connectivity index (χ4v) is 6.27. The van der Waals surface area contributed by atoms with E-state index in [0.29, 0.717) is 16.9 Å². The average Bonchev–Trinajstić information content (AvgIpc) is 3.69. The third-order valence-corrected chi connectivity index (χ3v) is 8.69. The van der Waals surface area contributed by atoms with Gasteiger partial charge in [-0.3, -0.25) is 9.69 Å². The zero-order valence-electron chi connectivity index (χ0n) is 22.6. The number of carbonyl (C=O) groups is 1. The molecule has 1 amide bonds. The van der Waals surface area contributed by atoms with E-state index in [1.54, 1.807) is 0 Å². The molecule has 3 aromatic carbocycles. The van der Waals surface area contributed by atoms with Gasteiger partial charge in [-0.05, 0) is 91.8 Å². The number of benzene rings is 3. The minimum Gasteiger partial charge on any atom is -0.364 e. The first-order valence-electron chi connectivity index (χ1n) is 14.0. The molecular formula is C33H32BrN5O. The van der Waals surface area contributed by atoms with Crippen molar-refractivity contribution in [3.8, 4) is 17.2 Å². The summed E-state index contributed by atoms with van der Waals surface area (Å²) < 4.78 is 1.04. The lowest BCUT2D eigenvalue weighted by Gasteiger charge is -2.32. The van der Waals surface area contributed by atoms with Crippen molar-refractivity contribution in [3.05, 3.63) is 94.0 Å². The summed E-state index contributed by atoms with van der Waals surface area (Å²) in [6.45, 7) is 5.00. The largest absolute Gasteiger partial charge is 0.364 e. The number of hydrogen-bond acceptors (Lipinski definition) is 5. The average molecular weight is 595 g/mol. The van der Waals surface area contributed by atoms with Crippen molar-refractivity contribution >= 4 is 38.6 Å². The fraction of sp³-hybridized carbons (Fsp3) is 0.303. The maximum Gasteiger partial charge on any atom is 0.255 e.